The zero-order valence-corrected chi connectivity index (χ0v) is 9.68. The average molecular weight is 185 g/mol. The third-order valence-electron chi connectivity index (χ3n) is 3.18. The van der Waals surface area contributed by atoms with Gasteiger partial charge < -0.3 is 5.73 Å². The second-order valence-electron chi connectivity index (χ2n) is 4.06. The Kier molecular flexibility index (Phi) is 8.53. The SMILES string of the molecule is CCCCC(CC)C(CC)CCN. The molecule has 0 aromatic carbocycles. The maximum atomic E-state index is 5.63. The first-order valence-electron chi connectivity index (χ1n) is 6.00. The van der Waals surface area contributed by atoms with Gasteiger partial charge >= 0.3 is 0 Å². The molecule has 0 spiro atoms. The van der Waals surface area contributed by atoms with Crippen molar-refractivity contribution >= 4 is 0 Å². The molecule has 0 saturated carbocycles. The molecule has 2 unspecified atom stereocenters. The van der Waals surface area contributed by atoms with Crippen LogP contribution in [0.3, 0.4) is 0 Å². The number of hydrogen-bond donors (Lipinski definition) is 1. The van der Waals surface area contributed by atoms with Gasteiger partial charge in [-0.3, -0.25) is 0 Å². The van der Waals surface area contributed by atoms with Crippen molar-refractivity contribution in [2.75, 3.05) is 6.54 Å². The van der Waals surface area contributed by atoms with Gasteiger partial charge in [0.15, 0.2) is 0 Å². The quantitative estimate of drug-likeness (QED) is 0.614. The van der Waals surface area contributed by atoms with Crippen molar-refractivity contribution in [2.45, 2.75) is 59.3 Å². The van der Waals surface area contributed by atoms with Crippen molar-refractivity contribution in [3.8, 4) is 0 Å². The van der Waals surface area contributed by atoms with Crippen LogP contribution in [0.1, 0.15) is 59.3 Å². The molecule has 0 saturated heterocycles. The van der Waals surface area contributed by atoms with Crippen LogP contribution in [0.2, 0.25) is 0 Å². The Balaban J connectivity index is 3.84. The van der Waals surface area contributed by atoms with Crippen LogP contribution in [0, 0.1) is 11.8 Å². The molecule has 80 valence electrons. The van der Waals surface area contributed by atoms with Crippen LogP contribution in [0.15, 0.2) is 0 Å². The average Bonchev–Trinajstić information content (AvgIpc) is 2.17. The monoisotopic (exact) mass is 185 g/mol. The van der Waals surface area contributed by atoms with Crippen LogP contribution in [0.5, 0.6) is 0 Å². The van der Waals surface area contributed by atoms with Gasteiger partial charge in [-0.2, -0.15) is 0 Å². The van der Waals surface area contributed by atoms with Crippen molar-refractivity contribution in [3.63, 3.8) is 0 Å². The van der Waals surface area contributed by atoms with Gasteiger partial charge in [-0.1, -0.05) is 52.9 Å². The van der Waals surface area contributed by atoms with E-state index in [4.69, 9.17) is 5.73 Å². The van der Waals surface area contributed by atoms with Crippen LogP contribution < -0.4 is 5.73 Å². The maximum Gasteiger partial charge on any atom is -0.00745 e. The van der Waals surface area contributed by atoms with E-state index in [0.717, 1.165) is 18.4 Å². The highest BCUT2D eigenvalue weighted by Gasteiger charge is 2.16. The summed E-state index contributed by atoms with van der Waals surface area (Å²) in [7, 11) is 0. The summed E-state index contributed by atoms with van der Waals surface area (Å²) in [6.45, 7) is 7.76. The Hall–Kier alpha value is -0.0400. The van der Waals surface area contributed by atoms with Crippen molar-refractivity contribution in [2.24, 2.45) is 17.6 Å². The lowest BCUT2D eigenvalue weighted by Gasteiger charge is -2.24. The van der Waals surface area contributed by atoms with Gasteiger partial charge in [0.25, 0.3) is 0 Å². The molecule has 0 aromatic heterocycles. The number of unbranched alkanes of at least 4 members (excludes halogenated alkanes) is 1. The van der Waals surface area contributed by atoms with E-state index in [0.29, 0.717) is 0 Å². The molecule has 1 heteroatoms. The van der Waals surface area contributed by atoms with Crippen LogP contribution in [-0.2, 0) is 0 Å². The predicted octanol–water partition coefficient (Wildman–Crippen LogP) is 3.58. The zero-order chi connectivity index (χ0) is 10.1. The van der Waals surface area contributed by atoms with Crippen molar-refractivity contribution < 1.29 is 0 Å². The molecular formula is C12H27N. The van der Waals surface area contributed by atoms with E-state index in [2.05, 4.69) is 20.8 Å². The molecule has 0 bridgehead atoms. The van der Waals surface area contributed by atoms with Gasteiger partial charge in [-0.25, -0.2) is 0 Å². The van der Waals surface area contributed by atoms with E-state index in [1.54, 1.807) is 0 Å². The van der Waals surface area contributed by atoms with E-state index < -0.39 is 0 Å². The first-order chi connectivity index (χ1) is 6.29. The smallest absolute Gasteiger partial charge is 0.00745 e. The predicted molar refractivity (Wildman–Crippen MR) is 60.8 cm³/mol. The minimum atomic E-state index is 0.862. The number of rotatable bonds is 8. The molecule has 13 heavy (non-hydrogen) atoms. The Bertz CT molecular complexity index is 101. The summed E-state index contributed by atoms with van der Waals surface area (Å²) in [5.74, 6) is 1.80. The highest BCUT2D eigenvalue weighted by atomic mass is 14.5. The Morgan fingerprint density at radius 3 is 1.85 bits per heavy atom. The minimum Gasteiger partial charge on any atom is -0.330 e. The van der Waals surface area contributed by atoms with Gasteiger partial charge in [0.2, 0.25) is 0 Å². The molecule has 0 aliphatic heterocycles. The maximum absolute atomic E-state index is 5.63. The lowest BCUT2D eigenvalue weighted by atomic mass is 9.82. The molecule has 0 radical (unpaired) electrons. The topological polar surface area (TPSA) is 26.0 Å². The third-order valence-corrected chi connectivity index (χ3v) is 3.18. The summed E-state index contributed by atoms with van der Waals surface area (Å²) in [5, 5.41) is 0. The lowest BCUT2D eigenvalue weighted by Crippen LogP contribution is -2.17. The molecule has 0 amide bonds. The van der Waals surface area contributed by atoms with Crippen molar-refractivity contribution in [3.05, 3.63) is 0 Å². The van der Waals surface area contributed by atoms with E-state index in [-0.39, 0.29) is 0 Å². The Labute approximate surface area is 84.1 Å². The highest BCUT2D eigenvalue weighted by molar-refractivity contribution is 4.68. The molecule has 0 aliphatic rings. The molecular weight excluding hydrogens is 158 g/mol. The van der Waals surface area contributed by atoms with E-state index in [1.165, 1.54) is 38.5 Å². The highest BCUT2D eigenvalue weighted by Crippen LogP contribution is 2.26. The van der Waals surface area contributed by atoms with Gasteiger partial charge in [0.1, 0.15) is 0 Å². The molecule has 0 heterocycles. The van der Waals surface area contributed by atoms with Crippen LogP contribution in [-0.4, -0.2) is 6.54 Å². The minimum absolute atomic E-state index is 0.862. The van der Waals surface area contributed by atoms with Crippen LogP contribution >= 0.6 is 0 Å². The lowest BCUT2D eigenvalue weighted by molar-refractivity contribution is 0.275. The van der Waals surface area contributed by atoms with Crippen LogP contribution in [0.25, 0.3) is 0 Å². The first kappa shape index (κ1) is 13.0. The fraction of sp³-hybridized carbons (Fsp3) is 1.00. The van der Waals surface area contributed by atoms with Gasteiger partial charge in [-0.15, -0.1) is 0 Å². The Morgan fingerprint density at radius 2 is 1.46 bits per heavy atom. The van der Waals surface area contributed by atoms with Crippen molar-refractivity contribution in [1.82, 2.24) is 0 Å². The largest absolute Gasteiger partial charge is 0.330 e. The summed E-state index contributed by atoms with van der Waals surface area (Å²) in [4.78, 5) is 0. The zero-order valence-electron chi connectivity index (χ0n) is 9.68. The van der Waals surface area contributed by atoms with Crippen LogP contribution in [0.4, 0.5) is 0 Å². The van der Waals surface area contributed by atoms with Gasteiger partial charge in [0.05, 0.1) is 0 Å². The van der Waals surface area contributed by atoms with Gasteiger partial charge in [0, 0.05) is 0 Å². The summed E-state index contributed by atoms with van der Waals surface area (Å²) in [6, 6.07) is 0. The van der Waals surface area contributed by atoms with E-state index >= 15 is 0 Å². The molecule has 1 nitrogen and oxygen atoms in total. The second kappa shape index (κ2) is 8.55. The second-order valence-corrected chi connectivity index (χ2v) is 4.06. The fourth-order valence-electron chi connectivity index (χ4n) is 2.23. The third kappa shape index (κ3) is 5.30. The summed E-state index contributed by atoms with van der Waals surface area (Å²) >= 11 is 0. The fourth-order valence-corrected chi connectivity index (χ4v) is 2.23. The number of hydrogen-bond acceptors (Lipinski definition) is 1. The standard InChI is InChI=1S/C12H27N/c1-4-7-8-11(5-2)12(6-3)9-10-13/h11-12H,4-10,13H2,1-3H3. The molecule has 0 rings (SSSR count). The molecule has 2 atom stereocenters. The first-order valence-corrected chi connectivity index (χ1v) is 6.00. The summed E-state index contributed by atoms with van der Waals surface area (Å²) in [6.07, 6.45) is 7.98. The molecule has 2 N–H and O–H groups in total. The van der Waals surface area contributed by atoms with Gasteiger partial charge in [-0.05, 0) is 24.8 Å². The molecule has 0 aliphatic carbocycles. The number of nitrogens with two attached hydrogens (primary N) is 1. The normalized spacial score (nSPS) is 15.7. The van der Waals surface area contributed by atoms with E-state index in [1.807, 2.05) is 0 Å². The summed E-state index contributed by atoms with van der Waals surface area (Å²) in [5.41, 5.74) is 5.63. The van der Waals surface area contributed by atoms with E-state index in [9.17, 15) is 0 Å². The van der Waals surface area contributed by atoms with Crippen molar-refractivity contribution in [1.29, 1.82) is 0 Å². The Morgan fingerprint density at radius 1 is 0.923 bits per heavy atom. The molecule has 0 fully saturated rings. The summed E-state index contributed by atoms with van der Waals surface area (Å²) < 4.78 is 0. The molecule has 0 aromatic rings.